The minimum absolute atomic E-state index is 0.0174. The van der Waals surface area contributed by atoms with Crippen LogP contribution in [-0.2, 0) is 0 Å². The molecule has 3 heteroatoms. The van der Waals surface area contributed by atoms with Gasteiger partial charge in [0.1, 0.15) is 0 Å². The minimum atomic E-state index is -0.497. The average molecular weight is 695 g/mol. The first-order valence-corrected chi connectivity index (χ1v) is 17.7. The van der Waals surface area contributed by atoms with Gasteiger partial charge in [-0.15, -0.1) is 0 Å². The topological polar surface area (TPSA) is 38.7 Å². The van der Waals surface area contributed by atoms with Crippen LogP contribution < -0.4 is 0 Å². The second-order valence-corrected chi connectivity index (χ2v) is 13.2. The van der Waals surface area contributed by atoms with E-state index in [2.05, 4.69) is 84.9 Å². The molecule has 54 heavy (non-hydrogen) atoms. The molecule has 0 saturated carbocycles. The molecule has 0 N–H and O–H groups in total. The molecule has 0 aliphatic heterocycles. The van der Waals surface area contributed by atoms with E-state index >= 15 is 0 Å². The summed E-state index contributed by atoms with van der Waals surface area (Å²) in [5.74, 6) is 1.25. The molecule has 0 saturated heterocycles. The van der Waals surface area contributed by atoms with Crippen molar-refractivity contribution in [3.05, 3.63) is 200 Å². The zero-order valence-corrected chi connectivity index (χ0v) is 28.9. The molecule has 1 aromatic heterocycles. The van der Waals surface area contributed by atoms with Crippen LogP contribution >= 0.6 is 0 Å². The molecular weight excluding hydrogens is 655 g/mol. The third-order valence-corrected chi connectivity index (χ3v) is 9.77. The van der Waals surface area contributed by atoms with Gasteiger partial charge in [-0.25, -0.2) is 15.0 Å². The monoisotopic (exact) mass is 694 g/mol. The Morgan fingerprint density at radius 2 is 0.759 bits per heavy atom. The lowest BCUT2D eigenvalue weighted by atomic mass is 9.97. The van der Waals surface area contributed by atoms with Gasteiger partial charge in [-0.2, -0.15) is 0 Å². The normalized spacial score (nSPS) is 13.1. The van der Waals surface area contributed by atoms with Gasteiger partial charge in [0, 0.05) is 16.7 Å². The number of nitrogens with zero attached hydrogens (tertiary/aromatic N) is 3. The van der Waals surface area contributed by atoms with Crippen molar-refractivity contribution in [2.24, 2.45) is 0 Å². The molecule has 0 spiro atoms. The Labute approximate surface area is 323 Å². The molecule has 3 nitrogen and oxygen atoms in total. The third-order valence-electron chi connectivity index (χ3n) is 9.77. The lowest BCUT2D eigenvalue weighted by Crippen LogP contribution is -2.00. The molecule has 0 bridgehead atoms. The zero-order valence-electron chi connectivity index (χ0n) is 35.9. The van der Waals surface area contributed by atoms with E-state index in [1.807, 2.05) is 54.6 Å². The van der Waals surface area contributed by atoms with Gasteiger partial charge in [-0.3, -0.25) is 0 Å². The highest BCUT2D eigenvalue weighted by molar-refractivity contribution is 5.97. The van der Waals surface area contributed by atoms with Crippen molar-refractivity contribution in [1.29, 1.82) is 0 Å². The van der Waals surface area contributed by atoms with Crippen molar-refractivity contribution < 1.29 is 9.60 Å². The highest BCUT2D eigenvalue weighted by atomic mass is 15.0. The Balaban J connectivity index is 1.15. The van der Waals surface area contributed by atoms with Crippen molar-refractivity contribution in [2.75, 3.05) is 0 Å². The predicted molar refractivity (Wildman–Crippen MR) is 225 cm³/mol. The van der Waals surface area contributed by atoms with Crippen LogP contribution in [0.5, 0.6) is 0 Å². The largest absolute Gasteiger partial charge is 0.208 e. The summed E-state index contributed by atoms with van der Waals surface area (Å²) in [5.41, 5.74) is 7.15. The van der Waals surface area contributed by atoms with Crippen molar-refractivity contribution in [3.8, 4) is 67.5 Å². The molecule has 10 aromatic rings. The van der Waals surface area contributed by atoms with Crippen LogP contribution in [0.1, 0.15) is 9.60 Å². The van der Waals surface area contributed by atoms with E-state index in [-0.39, 0.29) is 28.4 Å². The van der Waals surface area contributed by atoms with Crippen LogP contribution in [0.15, 0.2) is 200 Å². The second-order valence-electron chi connectivity index (χ2n) is 13.2. The van der Waals surface area contributed by atoms with E-state index in [9.17, 15) is 0 Å². The maximum Gasteiger partial charge on any atom is 0.164 e. The van der Waals surface area contributed by atoms with E-state index in [0.29, 0.717) is 28.6 Å². The van der Waals surface area contributed by atoms with Crippen LogP contribution in [0.3, 0.4) is 0 Å². The Hall–Kier alpha value is -7.23. The fourth-order valence-electron chi connectivity index (χ4n) is 7.00. The standard InChI is InChI=1S/C51H33N3/c1-3-11-34(12-4-1)38-24-25-41-30-44(28-26-40(41)29-38)50-52-49(43-18-9-17-42(32-43)48-20-10-16-37-15-7-8-19-47(37)48)53-51(54-50)45-27-22-36-21-23-39(31-46(36)33-45)35-13-5-2-6-14-35/h1-33H/i7D,8D,10D,15D,16D,19D,20D. The van der Waals surface area contributed by atoms with Crippen molar-refractivity contribution in [2.45, 2.75) is 0 Å². The third kappa shape index (κ3) is 5.98. The fourth-order valence-corrected chi connectivity index (χ4v) is 7.00. The Kier molecular flexibility index (Phi) is 6.17. The first kappa shape index (κ1) is 24.9. The highest BCUT2D eigenvalue weighted by Gasteiger charge is 2.15. The molecule has 1 heterocycles. The number of rotatable bonds is 6. The van der Waals surface area contributed by atoms with Crippen molar-refractivity contribution in [1.82, 2.24) is 15.0 Å². The fraction of sp³-hybridized carbons (Fsp3) is 0. The van der Waals surface area contributed by atoms with Crippen LogP contribution in [0.2, 0.25) is 0 Å². The summed E-state index contributed by atoms with van der Waals surface area (Å²) in [6.45, 7) is 0. The summed E-state index contributed by atoms with van der Waals surface area (Å²) in [4.78, 5) is 15.2. The molecule has 0 aliphatic rings. The van der Waals surface area contributed by atoms with Gasteiger partial charge in [0.05, 0.1) is 9.60 Å². The molecule has 0 amide bonds. The highest BCUT2D eigenvalue weighted by Crippen LogP contribution is 2.34. The molecule has 9 aromatic carbocycles. The van der Waals surface area contributed by atoms with E-state index in [1.54, 1.807) is 18.2 Å². The van der Waals surface area contributed by atoms with Gasteiger partial charge < -0.3 is 0 Å². The van der Waals surface area contributed by atoms with Crippen LogP contribution in [0.25, 0.3) is 99.9 Å². The Bertz CT molecular complexity index is 3390. The van der Waals surface area contributed by atoms with E-state index in [4.69, 9.17) is 24.5 Å². The van der Waals surface area contributed by atoms with E-state index in [0.717, 1.165) is 54.9 Å². The summed E-state index contributed by atoms with van der Waals surface area (Å²) in [7, 11) is 0. The first-order valence-electron chi connectivity index (χ1n) is 21.2. The minimum Gasteiger partial charge on any atom is -0.208 e. The molecule has 0 atom stereocenters. The van der Waals surface area contributed by atoms with Crippen molar-refractivity contribution in [3.63, 3.8) is 0 Å². The molecule has 252 valence electrons. The van der Waals surface area contributed by atoms with Gasteiger partial charge in [-0.05, 0) is 96.0 Å². The summed E-state index contributed by atoms with van der Waals surface area (Å²) >= 11 is 0. The smallest absolute Gasteiger partial charge is 0.164 e. The summed E-state index contributed by atoms with van der Waals surface area (Å²) in [5, 5.41) is 4.09. The first-order chi connectivity index (χ1) is 29.6. The molecular formula is C51H33N3. The van der Waals surface area contributed by atoms with Gasteiger partial charge in [0.2, 0.25) is 0 Å². The maximum absolute atomic E-state index is 8.98. The van der Waals surface area contributed by atoms with Gasteiger partial charge >= 0.3 is 0 Å². The predicted octanol–water partition coefficient (Wildman–Crippen LogP) is 13.3. The van der Waals surface area contributed by atoms with Crippen LogP contribution in [0.4, 0.5) is 0 Å². The average Bonchev–Trinajstić information content (AvgIpc) is 3.31. The number of hydrogen-bond acceptors (Lipinski definition) is 3. The van der Waals surface area contributed by atoms with Crippen molar-refractivity contribution >= 4 is 32.3 Å². The number of benzene rings is 9. The molecule has 0 unspecified atom stereocenters. The SMILES string of the molecule is [2H]c1c([2H])c([2H])c2c(-c3cccc(-c4nc(-c5ccc6cc(-c7ccccc7)ccc6c5)nc(-c5ccc6ccc(-c7ccccc7)cc6c5)n4)c3)c([2H])c([2H])c([2H])c2c1[2H]. The van der Waals surface area contributed by atoms with E-state index in [1.165, 1.54) is 0 Å². The summed E-state index contributed by atoms with van der Waals surface area (Å²) in [6, 6.07) is 49.7. The second kappa shape index (κ2) is 13.4. The summed E-state index contributed by atoms with van der Waals surface area (Å²) < 4.78 is 60.3. The molecule has 0 radical (unpaired) electrons. The van der Waals surface area contributed by atoms with Gasteiger partial charge in [0.15, 0.2) is 17.5 Å². The van der Waals surface area contributed by atoms with Crippen LogP contribution in [0, 0.1) is 0 Å². The zero-order chi connectivity index (χ0) is 41.9. The number of fused-ring (bicyclic) bond motifs is 3. The molecule has 0 aliphatic carbocycles. The van der Waals surface area contributed by atoms with Crippen LogP contribution in [-0.4, -0.2) is 15.0 Å². The lowest BCUT2D eigenvalue weighted by Gasteiger charge is -2.12. The number of aromatic nitrogens is 3. The number of hydrogen-bond donors (Lipinski definition) is 0. The summed E-state index contributed by atoms with van der Waals surface area (Å²) in [6.07, 6.45) is 0. The molecule has 10 rings (SSSR count). The van der Waals surface area contributed by atoms with Gasteiger partial charge in [-0.1, -0.05) is 170 Å². The van der Waals surface area contributed by atoms with E-state index < -0.39 is 30.2 Å². The lowest BCUT2D eigenvalue weighted by molar-refractivity contribution is 1.08. The van der Waals surface area contributed by atoms with Gasteiger partial charge in [0.25, 0.3) is 0 Å². The Morgan fingerprint density at radius 1 is 0.296 bits per heavy atom. The molecule has 0 fully saturated rings. The maximum atomic E-state index is 8.98. The Morgan fingerprint density at radius 3 is 1.41 bits per heavy atom. The quantitative estimate of drug-likeness (QED) is 0.174.